The van der Waals surface area contributed by atoms with E-state index in [-0.39, 0.29) is 0 Å². The summed E-state index contributed by atoms with van der Waals surface area (Å²) in [6.45, 7) is 1.73. The number of cyclic esters (lactones) is 1. The van der Waals surface area contributed by atoms with Crippen LogP contribution < -0.4 is 4.74 Å². The molecule has 0 saturated heterocycles. The van der Waals surface area contributed by atoms with Crippen molar-refractivity contribution >= 4 is 11.7 Å². The number of ether oxygens (including phenoxy) is 3. The van der Waals surface area contributed by atoms with Crippen LogP contribution in [0.1, 0.15) is 18.1 Å². The predicted molar refractivity (Wildman–Crippen MR) is 81.9 cm³/mol. The van der Waals surface area contributed by atoms with Crippen molar-refractivity contribution in [1.82, 2.24) is 0 Å². The molecule has 0 N–H and O–H groups in total. The fraction of sp³-hybridized carbons (Fsp3) is 0.167. The maximum atomic E-state index is 12.0. The molecule has 0 unspecified atom stereocenters. The lowest BCUT2D eigenvalue weighted by Gasteiger charge is -2.34. The van der Waals surface area contributed by atoms with E-state index in [0.717, 1.165) is 16.9 Å². The molecule has 0 saturated carbocycles. The summed E-state index contributed by atoms with van der Waals surface area (Å²) in [4.78, 5) is 12.0. The van der Waals surface area contributed by atoms with Gasteiger partial charge in [-0.15, -0.1) is 0 Å². The van der Waals surface area contributed by atoms with Gasteiger partial charge in [0.2, 0.25) is 0 Å². The van der Waals surface area contributed by atoms with Crippen molar-refractivity contribution in [2.75, 3.05) is 7.11 Å². The van der Waals surface area contributed by atoms with Gasteiger partial charge < -0.3 is 14.2 Å². The SMILES string of the molecule is COc1ccc(C2=CC(=O)O[C@](C)(c3ccccc3)O2)cc1. The topological polar surface area (TPSA) is 44.8 Å². The first-order valence-corrected chi connectivity index (χ1v) is 6.94. The van der Waals surface area contributed by atoms with E-state index >= 15 is 0 Å². The van der Waals surface area contributed by atoms with Gasteiger partial charge >= 0.3 is 5.97 Å². The van der Waals surface area contributed by atoms with Crippen LogP contribution in [0, 0.1) is 0 Å². The molecule has 0 fully saturated rings. The first kappa shape index (κ1) is 14.2. The maximum Gasteiger partial charge on any atom is 0.338 e. The van der Waals surface area contributed by atoms with Gasteiger partial charge in [-0.25, -0.2) is 4.79 Å². The summed E-state index contributed by atoms with van der Waals surface area (Å²) in [6.07, 6.45) is 1.35. The Kier molecular flexibility index (Phi) is 3.59. The molecule has 4 nitrogen and oxygen atoms in total. The lowest BCUT2D eigenvalue weighted by atomic mass is 10.1. The highest BCUT2D eigenvalue weighted by molar-refractivity contribution is 5.91. The van der Waals surface area contributed by atoms with Gasteiger partial charge in [-0.05, 0) is 24.3 Å². The molecule has 0 bridgehead atoms. The van der Waals surface area contributed by atoms with Gasteiger partial charge in [0.1, 0.15) is 11.5 Å². The van der Waals surface area contributed by atoms with Crippen molar-refractivity contribution in [2.24, 2.45) is 0 Å². The van der Waals surface area contributed by atoms with E-state index in [1.807, 2.05) is 54.6 Å². The number of hydrogen-bond donors (Lipinski definition) is 0. The fourth-order valence-corrected chi connectivity index (χ4v) is 2.34. The Bertz CT molecular complexity index is 704. The zero-order valence-corrected chi connectivity index (χ0v) is 12.4. The van der Waals surface area contributed by atoms with Crippen LogP contribution in [0.4, 0.5) is 0 Å². The predicted octanol–water partition coefficient (Wildman–Crippen LogP) is 3.48. The van der Waals surface area contributed by atoms with E-state index in [2.05, 4.69) is 0 Å². The average Bonchev–Trinajstić information content (AvgIpc) is 2.55. The van der Waals surface area contributed by atoms with Gasteiger partial charge in [0.15, 0.2) is 0 Å². The maximum absolute atomic E-state index is 12.0. The first-order valence-electron chi connectivity index (χ1n) is 6.94. The van der Waals surface area contributed by atoms with Crippen molar-refractivity contribution in [3.8, 4) is 5.75 Å². The smallest absolute Gasteiger partial charge is 0.338 e. The summed E-state index contributed by atoms with van der Waals surface area (Å²) < 4.78 is 16.5. The average molecular weight is 296 g/mol. The van der Waals surface area contributed by atoms with E-state index in [4.69, 9.17) is 14.2 Å². The minimum absolute atomic E-state index is 0.427. The molecular formula is C18H16O4. The summed E-state index contributed by atoms with van der Waals surface area (Å²) in [5.41, 5.74) is 1.57. The number of rotatable bonds is 3. The number of benzene rings is 2. The first-order chi connectivity index (χ1) is 10.6. The molecule has 0 aromatic heterocycles. The summed E-state index contributed by atoms with van der Waals surface area (Å²) in [6, 6.07) is 16.7. The third-order valence-corrected chi connectivity index (χ3v) is 3.52. The van der Waals surface area contributed by atoms with Gasteiger partial charge in [-0.1, -0.05) is 30.3 Å². The van der Waals surface area contributed by atoms with Crippen LogP contribution in [0.5, 0.6) is 5.75 Å². The minimum Gasteiger partial charge on any atom is -0.497 e. The van der Waals surface area contributed by atoms with E-state index in [9.17, 15) is 4.79 Å². The second-order valence-electron chi connectivity index (χ2n) is 5.07. The number of methoxy groups -OCH3 is 1. The molecule has 4 heteroatoms. The van der Waals surface area contributed by atoms with Crippen molar-refractivity contribution < 1.29 is 19.0 Å². The monoisotopic (exact) mass is 296 g/mol. The molecule has 1 atom stereocenters. The third-order valence-electron chi connectivity index (χ3n) is 3.52. The number of carbonyl (C=O) groups is 1. The van der Waals surface area contributed by atoms with Gasteiger partial charge in [-0.2, -0.15) is 0 Å². The molecule has 2 aromatic rings. The second kappa shape index (κ2) is 5.56. The molecule has 22 heavy (non-hydrogen) atoms. The van der Waals surface area contributed by atoms with Crippen LogP contribution in [0.25, 0.3) is 5.76 Å². The molecule has 0 spiro atoms. The van der Waals surface area contributed by atoms with Crippen molar-refractivity contribution in [3.63, 3.8) is 0 Å². The van der Waals surface area contributed by atoms with E-state index in [1.165, 1.54) is 6.08 Å². The summed E-state index contributed by atoms with van der Waals surface area (Å²) in [7, 11) is 1.61. The third kappa shape index (κ3) is 2.68. The zero-order valence-electron chi connectivity index (χ0n) is 12.4. The van der Waals surface area contributed by atoms with E-state index in [1.54, 1.807) is 14.0 Å². The lowest BCUT2D eigenvalue weighted by molar-refractivity contribution is -0.206. The molecule has 1 heterocycles. The zero-order chi connectivity index (χ0) is 15.6. The summed E-state index contributed by atoms with van der Waals surface area (Å²) in [5.74, 6) is -0.343. The van der Waals surface area contributed by atoms with Crippen molar-refractivity contribution in [3.05, 3.63) is 71.8 Å². The molecule has 0 aliphatic carbocycles. The highest BCUT2D eigenvalue weighted by atomic mass is 16.7. The van der Waals surface area contributed by atoms with Gasteiger partial charge in [0.05, 0.1) is 13.2 Å². The fourth-order valence-electron chi connectivity index (χ4n) is 2.34. The molecule has 112 valence electrons. The normalized spacial score (nSPS) is 20.6. The van der Waals surface area contributed by atoms with Crippen LogP contribution in [-0.2, 0) is 20.1 Å². The molecule has 1 aliphatic heterocycles. The second-order valence-corrected chi connectivity index (χ2v) is 5.07. The Hall–Kier alpha value is -2.75. The quantitative estimate of drug-likeness (QED) is 0.813. The Labute approximate surface area is 128 Å². The largest absolute Gasteiger partial charge is 0.497 e. The van der Waals surface area contributed by atoms with E-state index < -0.39 is 11.8 Å². The van der Waals surface area contributed by atoms with Gasteiger partial charge in [-0.3, -0.25) is 0 Å². The molecule has 3 rings (SSSR count). The molecule has 0 radical (unpaired) electrons. The van der Waals surface area contributed by atoms with Crippen molar-refractivity contribution in [1.29, 1.82) is 0 Å². The van der Waals surface area contributed by atoms with Crippen LogP contribution in [0.15, 0.2) is 60.7 Å². The summed E-state index contributed by atoms with van der Waals surface area (Å²) in [5, 5.41) is 0. The Morgan fingerprint density at radius 2 is 1.64 bits per heavy atom. The molecule has 0 amide bonds. The standard InChI is InChI=1S/C18H16O4/c1-18(14-6-4-3-5-7-14)21-16(12-17(19)22-18)13-8-10-15(20-2)11-9-13/h3-12H,1-2H3/t18-/m1/s1. The Morgan fingerprint density at radius 3 is 2.27 bits per heavy atom. The van der Waals surface area contributed by atoms with Gasteiger partial charge in [0, 0.05) is 18.1 Å². The van der Waals surface area contributed by atoms with Crippen LogP contribution in [0.2, 0.25) is 0 Å². The van der Waals surface area contributed by atoms with Crippen LogP contribution >= 0.6 is 0 Å². The van der Waals surface area contributed by atoms with E-state index in [0.29, 0.717) is 5.76 Å². The molecule has 2 aromatic carbocycles. The highest BCUT2D eigenvalue weighted by Gasteiger charge is 2.37. The van der Waals surface area contributed by atoms with Crippen LogP contribution in [-0.4, -0.2) is 13.1 Å². The van der Waals surface area contributed by atoms with Crippen molar-refractivity contribution in [2.45, 2.75) is 12.7 Å². The highest BCUT2D eigenvalue weighted by Crippen LogP contribution is 2.36. The number of esters is 1. The Balaban J connectivity index is 1.94. The Morgan fingerprint density at radius 1 is 0.955 bits per heavy atom. The van der Waals surface area contributed by atoms with Crippen LogP contribution in [0.3, 0.4) is 0 Å². The lowest BCUT2D eigenvalue weighted by Crippen LogP contribution is -2.34. The molecule has 1 aliphatic rings. The summed E-state index contributed by atoms with van der Waals surface area (Å²) >= 11 is 0. The molecular weight excluding hydrogens is 280 g/mol. The van der Waals surface area contributed by atoms with Gasteiger partial charge in [0.25, 0.3) is 5.79 Å². The number of hydrogen-bond acceptors (Lipinski definition) is 4. The number of carbonyl (C=O) groups excluding carboxylic acids is 1. The minimum atomic E-state index is -1.14.